The molecule has 14 heavy (non-hydrogen) atoms. The summed E-state index contributed by atoms with van der Waals surface area (Å²) in [6, 6.07) is 0. The molecule has 2 nitrogen and oxygen atoms in total. The van der Waals surface area contributed by atoms with E-state index in [9.17, 15) is 0 Å². The third kappa shape index (κ3) is 3.28. The summed E-state index contributed by atoms with van der Waals surface area (Å²) in [7, 11) is 0. The Hall–Kier alpha value is -0.600. The van der Waals surface area contributed by atoms with E-state index in [-0.39, 0.29) is 0 Å². The Balaban J connectivity index is 2.50. The van der Waals surface area contributed by atoms with Crippen LogP contribution in [-0.2, 0) is 9.47 Å². The summed E-state index contributed by atoms with van der Waals surface area (Å²) in [6.45, 7) is 5.72. The average Bonchev–Trinajstić information content (AvgIpc) is 2.25. The summed E-state index contributed by atoms with van der Waals surface area (Å²) < 4.78 is 11.5. The summed E-state index contributed by atoms with van der Waals surface area (Å²) in [5.74, 6) is -0.485. The predicted octanol–water partition coefficient (Wildman–Crippen LogP) is 3.05. The lowest BCUT2D eigenvalue weighted by atomic mass is 10.1. The molecule has 0 aromatic rings. The average molecular weight is 196 g/mol. The first kappa shape index (κ1) is 11.5. The van der Waals surface area contributed by atoms with Crippen molar-refractivity contribution < 1.29 is 9.47 Å². The molecule has 0 fully saturated rings. The number of hydrogen-bond acceptors (Lipinski definition) is 2. The normalized spacial score (nSPS) is 18.7. The maximum Gasteiger partial charge on any atom is 0.191 e. The number of rotatable bonds is 6. The first-order chi connectivity index (χ1) is 6.83. The van der Waals surface area contributed by atoms with Gasteiger partial charge < -0.3 is 9.47 Å². The molecule has 0 amide bonds. The minimum atomic E-state index is -0.485. The van der Waals surface area contributed by atoms with E-state index < -0.39 is 5.79 Å². The minimum Gasteiger partial charge on any atom is -0.346 e. The molecule has 0 saturated carbocycles. The monoisotopic (exact) mass is 196 g/mol. The van der Waals surface area contributed by atoms with Gasteiger partial charge in [0.15, 0.2) is 5.79 Å². The molecule has 0 aromatic heterocycles. The Bertz CT molecular complexity index is 198. The zero-order chi connectivity index (χ0) is 10.3. The third-order valence-electron chi connectivity index (χ3n) is 2.10. The van der Waals surface area contributed by atoms with E-state index >= 15 is 0 Å². The molecule has 0 aromatic carbocycles. The first-order valence-electron chi connectivity index (χ1n) is 5.45. The van der Waals surface area contributed by atoms with Gasteiger partial charge in [0, 0.05) is 6.42 Å². The molecule has 80 valence electrons. The van der Waals surface area contributed by atoms with Crippen LogP contribution in [0.25, 0.3) is 0 Å². The lowest BCUT2D eigenvalue weighted by Crippen LogP contribution is -2.35. The van der Waals surface area contributed by atoms with Gasteiger partial charge in [0.05, 0.1) is 13.2 Å². The van der Waals surface area contributed by atoms with Crippen molar-refractivity contribution in [2.24, 2.45) is 0 Å². The molecule has 0 aliphatic heterocycles. The van der Waals surface area contributed by atoms with Gasteiger partial charge in [-0.2, -0.15) is 0 Å². The maximum atomic E-state index is 5.76. The fourth-order valence-corrected chi connectivity index (χ4v) is 1.39. The highest BCUT2D eigenvalue weighted by Crippen LogP contribution is 2.24. The lowest BCUT2D eigenvalue weighted by Gasteiger charge is -2.31. The van der Waals surface area contributed by atoms with E-state index in [0.29, 0.717) is 0 Å². The van der Waals surface area contributed by atoms with Crippen molar-refractivity contribution in [2.75, 3.05) is 13.2 Å². The van der Waals surface area contributed by atoms with Crippen molar-refractivity contribution in [1.82, 2.24) is 0 Å². The van der Waals surface area contributed by atoms with Crippen molar-refractivity contribution >= 4 is 0 Å². The molecule has 1 aliphatic rings. The van der Waals surface area contributed by atoms with Crippen LogP contribution in [0.4, 0.5) is 0 Å². The van der Waals surface area contributed by atoms with E-state index in [0.717, 1.165) is 32.5 Å². The molecule has 0 bridgehead atoms. The second kappa shape index (κ2) is 5.99. The van der Waals surface area contributed by atoms with Crippen molar-refractivity contribution in [3.8, 4) is 0 Å². The molecular formula is C12H20O2. The largest absolute Gasteiger partial charge is 0.346 e. The molecule has 0 radical (unpaired) electrons. The molecule has 0 unspecified atom stereocenters. The van der Waals surface area contributed by atoms with Gasteiger partial charge in [-0.25, -0.2) is 0 Å². The van der Waals surface area contributed by atoms with Crippen LogP contribution in [0.5, 0.6) is 0 Å². The molecule has 2 heteroatoms. The highest BCUT2D eigenvalue weighted by Gasteiger charge is 2.28. The van der Waals surface area contributed by atoms with Crippen LogP contribution in [0, 0.1) is 0 Å². The molecular weight excluding hydrogens is 176 g/mol. The van der Waals surface area contributed by atoms with Crippen LogP contribution < -0.4 is 0 Å². The van der Waals surface area contributed by atoms with Gasteiger partial charge in [0.1, 0.15) is 0 Å². The number of allylic oxidation sites excluding steroid dienone is 2. The van der Waals surface area contributed by atoms with Crippen molar-refractivity contribution in [1.29, 1.82) is 0 Å². The Morgan fingerprint density at radius 2 is 1.71 bits per heavy atom. The molecule has 1 aliphatic carbocycles. The van der Waals surface area contributed by atoms with Gasteiger partial charge in [0.2, 0.25) is 0 Å². The highest BCUT2D eigenvalue weighted by atomic mass is 16.7. The van der Waals surface area contributed by atoms with Gasteiger partial charge in [0.25, 0.3) is 0 Å². The Morgan fingerprint density at radius 3 is 2.14 bits per heavy atom. The van der Waals surface area contributed by atoms with E-state index in [1.165, 1.54) is 0 Å². The standard InChI is InChI=1S/C12H20O2/c1-3-10-13-12(14-11-4-2)8-6-5-7-9-12/h5-8H,3-4,9-11H2,1-2H3. The molecule has 0 heterocycles. The van der Waals surface area contributed by atoms with Crippen LogP contribution in [0.3, 0.4) is 0 Å². The van der Waals surface area contributed by atoms with Gasteiger partial charge in [-0.05, 0) is 18.9 Å². The van der Waals surface area contributed by atoms with Gasteiger partial charge in [-0.15, -0.1) is 0 Å². The van der Waals surface area contributed by atoms with E-state index in [4.69, 9.17) is 9.47 Å². The topological polar surface area (TPSA) is 18.5 Å². The van der Waals surface area contributed by atoms with Gasteiger partial charge in [-0.1, -0.05) is 32.1 Å². The van der Waals surface area contributed by atoms with Crippen LogP contribution in [0.15, 0.2) is 24.3 Å². The van der Waals surface area contributed by atoms with Gasteiger partial charge >= 0.3 is 0 Å². The zero-order valence-corrected chi connectivity index (χ0v) is 9.16. The minimum absolute atomic E-state index is 0.485. The Labute approximate surface area is 86.6 Å². The Morgan fingerprint density at radius 1 is 1.07 bits per heavy atom. The zero-order valence-electron chi connectivity index (χ0n) is 9.16. The van der Waals surface area contributed by atoms with Crippen molar-refractivity contribution in [2.45, 2.75) is 38.9 Å². The molecule has 1 rings (SSSR count). The Kier molecular flexibility index (Phi) is 4.91. The second-order valence-electron chi connectivity index (χ2n) is 3.50. The quantitative estimate of drug-likeness (QED) is 0.608. The van der Waals surface area contributed by atoms with Gasteiger partial charge in [-0.3, -0.25) is 0 Å². The summed E-state index contributed by atoms with van der Waals surface area (Å²) in [4.78, 5) is 0. The van der Waals surface area contributed by atoms with Crippen LogP contribution in [0.2, 0.25) is 0 Å². The molecule has 0 spiro atoms. The summed E-state index contributed by atoms with van der Waals surface area (Å²) in [5, 5.41) is 0. The van der Waals surface area contributed by atoms with Crippen molar-refractivity contribution in [3.63, 3.8) is 0 Å². The summed E-state index contributed by atoms with van der Waals surface area (Å²) in [5.41, 5.74) is 0. The molecule has 0 N–H and O–H groups in total. The first-order valence-corrected chi connectivity index (χ1v) is 5.45. The predicted molar refractivity (Wildman–Crippen MR) is 58.1 cm³/mol. The fourth-order valence-electron chi connectivity index (χ4n) is 1.39. The SMILES string of the molecule is CCCOC1(OCCC)C=CC=CC1. The smallest absolute Gasteiger partial charge is 0.191 e. The van der Waals surface area contributed by atoms with Crippen LogP contribution >= 0.6 is 0 Å². The number of hydrogen-bond donors (Lipinski definition) is 0. The lowest BCUT2D eigenvalue weighted by molar-refractivity contribution is -0.202. The third-order valence-corrected chi connectivity index (χ3v) is 2.10. The number of ether oxygens (including phenoxy) is 2. The van der Waals surface area contributed by atoms with Crippen LogP contribution in [0.1, 0.15) is 33.1 Å². The van der Waals surface area contributed by atoms with E-state index in [2.05, 4.69) is 19.9 Å². The van der Waals surface area contributed by atoms with E-state index in [1.54, 1.807) is 0 Å². The summed E-state index contributed by atoms with van der Waals surface area (Å²) >= 11 is 0. The summed E-state index contributed by atoms with van der Waals surface area (Å²) in [6.07, 6.45) is 11.0. The molecule has 0 atom stereocenters. The fraction of sp³-hybridized carbons (Fsp3) is 0.667. The van der Waals surface area contributed by atoms with Crippen LogP contribution in [-0.4, -0.2) is 19.0 Å². The van der Waals surface area contributed by atoms with E-state index in [1.807, 2.05) is 18.2 Å². The maximum absolute atomic E-state index is 5.76. The highest BCUT2D eigenvalue weighted by molar-refractivity contribution is 5.15. The van der Waals surface area contributed by atoms with Crippen molar-refractivity contribution in [3.05, 3.63) is 24.3 Å². The second-order valence-corrected chi connectivity index (χ2v) is 3.50. The molecule has 0 saturated heterocycles.